The van der Waals surface area contributed by atoms with Gasteiger partial charge in [-0.25, -0.2) is 4.98 Å². The number of oxazole rings is 1. The van der Waals surface area contributed by atoms with Crippen molar-refractivity contribution in [1.82, 2.24) is 4.98 Å². The predicted octanol–water partition coefficient (Wildman–Crippen LogP) is 2.74. The molecule has 1 aromatic heterocycles. The Bertz CT molecular complexity index is 946. The minimum absolute atomic E-state index is 0.0503. The van der Waals surface area contributed by atoms with Crippen molar-refractivity contribution in [3.05, 3.63) is 42.5 Å². The third-order valence-electron chi connectivity index (χ3n) is 3.19. The van der Waals surface area contributed by atoms with Crippen LogP contribution >= 0.6 is 0 Å². The highest BCUT2D eigenvalue weighted by Gasteiger charge is 2.12. The zero-order valence-corrected chi connectivity index (χ0v) is 13.2. The highest BCUT2D eigenvalue weighted by Crippen LogP contribution is 2.28. The minimum Gasteiger partial charge on any atom is -0.436 e. The van der Waals surface area contributed by atoms with Crippen LogP contribution in [0.4, 0.5) is 5.69 Å². The quantitative estimate of drug-likeness (QED) is 0.733. The van der Waals surface area contributed by atoms with E-state index >= 15 is 0 Å². The van der Waals surface area contributed by atoms with Crippen LogP contribution in [0.5, 0.6) is 5.75 Å². The fraction of sp³-hybridized carbons (Fsp3) is 0.133. The van der Waals surface area contributed by atoms with Crippen LogP contribution in [-0.2, 0) is 10.4 Å². The van der Waals surface area contributed by atoms with Gasteiger partial charge in [-0.05, 0) is 36.4 Å². The van der Waals surface area contributed by atoms with Crippen molar-refractivity contribution in [3.63, 3.8) is 0 Å². The molecule has 8 heteroatoms. The van der Waals surface area contributed by atoms with Crippen LogP contribution < -0.4 is 9.08 Å². The van der Waals surface area contributed by atoms with E-state index in [2.05, 4.69) is 9.17 Å². The molecule has 0 aliphatic rings. The van der Waals surface area contributed by atoms with Gasteiger partial charge in [0, 0.05) is 31.4 Å². The molecule has 0 aliphatic carbocycles. The van der Waals surface area contributed by atoms with Crippen molar-refractivity contribution in [1.29, 1.82) is 0 Å². The highest BCUT2D eigenvalue weighted by molar-refractivity contribution is 7.81. The first kappa shape index (κ1) is 15.3. The Morgan fingerprint density at radius 3 is 2.43 bits per heavy atom. The topological polar surface area (TPSA) is 92.9 Å². The molecule has 0 aliphatic heterocycles. The van der Waals surface area contributed by atoms with E-state index < -0.39 is 10.4 Å². The molecule has 0 saturated heterocycles. The first-order chi connectivity index (χ1) is 10.8. The van der Waals surface area contributed by atoms with Gasteiger partial charge in [-0.15, -0.1) is 0 Å². The summed E-state index contributed by atoms with van der Waals surface area (Å²) in [6, 6.07) is 11.9. The van der Waals surface area contributed by atoms with Gasteiger partial charge in [-0.2, -0.15) is 8.42 Å². The maximum Gasteiger partial charge on any atom is 0.446 e. The standard InChI is InChI=1S/C15H14N2O5S/c1-17(2)11-5-3-10(4-6-11)15-16-13-8-7-12(9-14(13)21-15)22-23(18,19)20/h3-9H,1-2H3,(H,18,19,20). The van der Waals surface area contributed by atoms with Crippen LogP contribution in [0.2, 0.25) is 0 Å². The van der Waals surface area contributed by atoms with Crippen molar-refractivity contribution in [2.75, 3.05) is 19.0 Å². The number of fused-ring (bicyclic) bond motifs is 1. The second-order valence-corrected chi connectivity index (χ2v) is 6.12. The van der Waals surface area contributed by atoms with E-state index in [0.29, 0.717) is 17.0 Å². The van der Waals surface area contributed by atoms with Gasteiger partial charge in [-0.1, -0.05) is 0 Å². The van der Waals surface area contributed by atoms with E-state index in [-0.39, 0.29) is 5.75 Å². The van der Waals surface area contributed by atoms with Gasteiger partial charge >= 0.3 is 10.4 Å². The average Bonchev–Trinajstić information content (AvgIpc) is 2.88. The van der Waals surface area contributed by atoms with E-state index in [0.717, 1.165) is 11.3 Å². The van der Waals surface area contributed by atoms with E-state index in [1.165, 1.54) is 12.1 Å². The summed E-state index contributed by atoms with van der Waals surface area (Å²) in [6.07, 6.45) is 0. The molecule has 0 atom stereocenters. The van der Waals surface area contributed by atoms with Gasteiger partial charge < -0.3 is 13.5 Å². The highest BCUT2D eigenvalue weighted by atomic mass is 32.3. The van der Waals surface area contributed by atoms with Crippen molar-refractivity contribution < 1.29 is 21.6 Å². The number of anilines is 1. The summed E-state index contributed by atoms with van der Waals surface area (Å²) in [7, 11) is -0.672. The Kier molecular flexibility index (Phi) is 3.70. The van der Waals surface area contributed by atoms with E-state index in [9.17, 15) is 8.42 Å². The maximum atomic E-state index is 10.7. The number of aromatic nitrogens is 1. The van der Waals surface area contributed by atoms with Crippen molar-refractivity contribution in [2.45, 2.75) is 0 Å². The molecule has 1 heterocycles. The number of nitrogens with zero attached hydrogens (tertiary/aromatic N) is 2. The Labute approximate surface area is 133 Å². The molecule has 7 nitrogen and oxygen atoms in total. The normalized spacial score (nSPS) is 11.6. The largest absolute Gasteiger partial charge is 0.446 e. The molecule has 0 saturated carbocycles. The molecule has 3 rings (SSSR count). The van der Waals surface area contributed by atoms with Crippen molar-refractivity contribution in [3.8, 4) is 17.2 Å². The lowest BCUT2D eigenvalue weighted by atomic mass is 10.2. The van der Waals surface area contributed by atoms with Gasteiger partial charge in [0.2, 0.25) is 5.89 Å². The summed E-state index contributed by atoms with van der Waals surface area (Å²) in [5.41, 5.74) is 2.76. The van der Waals surface area contributed by atoms with Crippen molar-refractivity contribution in [2.24, 2.45) is 0 Å². The molecule has 0 bridgehead atoms. The lowest BCUT2D eigenvalue weighted by Crippen LogP contribution is -2.07. The van der Waals surface area contributed by atoms with Gasteiger partial charge in [0.1, 0.15) is 11.3 Å². The molecule has 0 spiro atoms. The molecule has 0 unspecified atom stereocenters. The first-order valence-electron chi connectivity index (χ1n) is 6.67. The number of benzene rings is 2. The second-order valence-electron chi connectivity index (χ2n) is 5.10. The molecule has 0 radical (unpaired) electrons. The summed E-state index contributed by atoms with van der Waals surface area (Å²) in [6.45, 7) is 0. The molecular weight excluding hydrogens is 320 g/mol. The van der Waals surface area contributed by atoms with Gasteiger partial charge in [0.25, 0.3) is 0 Å². The smallest absolute Gasteiger partial charge is 0.436 e. The third kappa shape index (κ3) is 3.43. The lowest BCUT2D eigenvalue weighted by molar-refractivity contribution is 0.387. The second kappa shape index (κ2) is 5.56. The Hall–Kier alpha value is -2.58. The van der Waals surface area contributed by atoms with Crippen LogP contribution in [0, 0.1) is 0 Å². The summed E-state index contributed by atoms with van der Waals surface area (Å²) in [4.78, 5) is 6.33. The van der Waals surface area contributed by atoms with E-state index in [1.807, 2.05) is 43.3 Å². The summed E-state index contributed by atoms with van der Waals surface area (Å²) in [5, 5.41) is 0. The summed E-state index contributed by atoms with van der Waals surface area (Å²) < 4.78 is 40.2. The first-order valence-corrected chi connectivity index (χ1v) is 8.03. The monoisotopic (exact) mass is 334 g/mol. The Morgan fingerprint density at radius 2 is 1.83 bits per heavy atom. The maximum absolute atomic E-state index is 10.7. The molecule has 0 fully saturated rings. The van der Waals surface area contributed by atoms with E-state index in [1.54, 1.807) is 6.07 Å². The third-order valence-corrected chi connectivity index (χ3v) is 3.60. The number of hydrogen-bond donors (Lipinski definition) is 1. The minimum atomic E-state index is -4.57. The molecular formula is C15H14N2O5S. The van der Waals surface area contributed by atoms with Crippen LogP contribution in [-0.4, -0.2) is 32.0 Å². The predicted molar refractivity (Wildman–Crippen MR) is 85.9 cm³/mol. The fourth-order valence-electron chi connectivity index (χ4n) is 2.10. The van der Waals surface area contributed by atoms with Crippen molar-refractivity contribution >= 4 is 27.2 Å². The molecule has 1 N–H and O–H groups in total. The molecule has 0 amide bonds. The zero-order chi connectivity index (χ0) is 16.6. The van der Waals surface area contributed by atoms with Crippen LogP contribution in [0.15, 0.2) is 46.9 Å². The van der Waals surface area contributed by atoms with Crippen LogP contribution in [0.25, 0.3) is 22.6 Å². The number of hydrogen-bond acceptors (Lipinski definition) is 6. The summed E-state index contributed by atoms with van der Waals surface area (Å²) in [5.74, 6) is 0.361. The fourth-order valence-corrected chi connectivity index (χ4v) is 2.45. The van der Waals surface area contributed by atoms with Crippen LogP contribution in [0.1, 0.15) is 0 Å². The molecule has 23 heavy (non-hydrogen) atoms. The van der Waals surface area contributed by atoms with Gasteiger partial charge in [-0.3, -0.25) is 4.55 Å². The summed E-state index contributed by atoms with van der Waals surface area (Å²) >= 11 is 0. The Balaban J connectivity index is 1.96. The van der Waals surface area contributed by atoms with E-state index in [4.69, 9.17) is 8.97 Å². The SMILES string of the molecule is CN(C)c1ccc(-c2nc3ccc(OS(=O)(=O)O)cc3o2)cc1. The van der Waals surface area contributed by atoms with Gasteiger partial charge in [0.05, 0.1) is 0 Å². The van der Waals surface area contributed by atoms with Gasteiger partial charge in [0.15, 0.2) is 5.58 Å². The number of rotatable bonds is 4. The lowest BCUT2D eigenvalue weighted by Gasteiger charge is -2.11. The molecule has 3 aromatic rings. The molecule has 2 aromatic carbocycles. The Morgan fingerprint density at radius 1 is 1.13 bits per heavy atom. The zero-order valence-electron chi connectivity index (χ0n) is 12.4. The average molecular weight is 334 g/mol. The molecule has 120 valence electrons. The van der Waals surface area contributed by atoms with Crippen LogP contribution in [0.3, 0.4) is 0 Å².